The summed E-state index contributed by atoms with van der Waals surface area (Å²) in [5.74, 6) is 0.0838. The van der Waals surface area contributed by atoms with E-state index in [1.54, 1.807) is 4.90 Å². The van der Waals surface area contributed by atoms with Crippen LogP contribution in [0.25, 0.3) is 0 Å². The second-order valence-electron chi connectivity index (χ2n) is 6.36. The standard InChI is InChI=1S/C13H26N2O2/c1-13(2,3)8-10(14)7-12(17)15-6-4-5-11(16)9-15/h10-11,16H,4-9,14H2,1-3H3/t10?,11-/m0/s1. The molecule has 17 heavy (non-hydrogen) atoms. The Morgan fingerprint density at radius 2 is 2.18 bits per heavy atom. The maximum absolute atomic E-state index is 12.0. The highest BCUT2D eigenvalue weighted by Crippen LogP contribution is 2.21. The lowest BCUT2D eigenvalue weighted by Gasteiger charge is -2.31. The molecular formula is C13H26N2O2. The topological polar surface area (TPSA) is 66.6 Å². The predicted molar refractivity (Wildman–Crippen MR) is 68.5 cm³/mol. The minimum atomic E-state index is -0.355. The van der Waals surface area contributed by atoms with Gasteiger partial charge in [0.25, 0.3) is 0 Å². The first-order chi connectivity index (χ1) is 7.78. The SMILES string of the molecule is CC(C)(C)CC(N)CC(=O)N1CCC[C@H](O)C1. The van der Waals surface area contributed by atoms with Gasteiger partial charge >= 0.3 is 0 Å². The van der Waals surface area contributed by atoms with Crippen LogP contribution in [0, 0.1) is 5.41 Å². The smallest absolute Gasteiger partial charge is 0.224 e. The number of nitrogens with zero attached hydrogens (tertiary/aromatic N) is 1. The number of hydrogen-bond donors (Lipinski definition) is 2. The van der Waals surface area contributed by atoms with Crippen LogP contribution in [0.2, 0.25) is 0 Å². The molecule has 4 heteroatoms. The third-order valence-corrected chi connectivity index (χ3v) is 3.06. The monoisotopic (exact) mass is 242 g/mol. The fourth-order valence-electron chi connectivity index (χ4n) is 2.39. The van der Waals surface area contributed by atoms with E-state index in [2.05, 4.69) is 20.8 Å². The van der Waals surface area contributed by atoms with Gasteiger partial charge in [0.1, 0.15) is 0 Å². The number of carbonyl (C=O) groups is 1. The van der Waals surface area contributed by atoms with Gasteiger partial charge in [-0.2, -0.15) is 0 Å². The number of piperidine rings is 1. The van der Waals surface area contributed by atoms with Gasteiger partial charge in [0.05, 0.1) is 6.10 Å². The van der Waals surface area contributed by atoms with Crippen molar-refractivity contribution in [2.24, 2.45) is 11.1 Å². The molecule has 0 aromatic carbocycles. The zero-order chi connectivity index (χ0) is 13.1. The highest BCUT2D eigenvalue weighted by atomic mass is 16.3. The van der Waals surface area contributed by atoms with Crippen molar-refractivity contribution >= 4 is 5.91 Å². The van der Waals surface area contributed by atoms with E-state index in [0.29, 0.717) is 13.0 Å². The summed E-state index contributed by atoms with van der Waals surface area (Å²) in [4.78, 5) is 13.7. The van der Waals surface area contributed by atoms with Gasteiger partial charge in [0.15, 0.2) is 0 Å². The Morgan fingerprint density at radius 3 is 2.71 bits per heavy atom. The molecule has 0 saturated carbocycles. The summed E-state index contributed by atoms with van der Waals surface area (Å²) >= 11 is 0. The number of carbonyl (C=O) groups excluding carboxylic acids is 1. The third-order valence-electron chi connectivity index (χ3n) is 3.06. The summed E-state index contributed by atoms with van der Waals surface area (Å²) in [6.07, 6.45) is 2.57. The maximum atomic E-state index is 12.0. The van der Waals surface area contributed by atoms with Crippen molar-refractivity contribution in [2.75, 3.05) is 13.1 Å². The zero-order valence-corrected chi connectivity index (χ0v) is 11.3. The number of nitrogens with two attached hydrogens (primary N) is 1. The van der Waals surface area contributed by atoms with Gasteiger partial charge in [0, 0.05) is 25.6 Å². The summed E-state index contributed by atoms with van der Waals surface area (Å²) in [5.41, 5.74) is 6.15. The third kappa shape index (κ3) is 5.50. The van der Waals surface area contributed by atoms with Gasteiger partial charge in [-0.15, -0.1) is 0 Å². The molecule has 1 amide bonds. The molecule has 0 aromatic rings. The van der Waals surface area contributed by atoms with E-state index in [4.69, 9.17) is 5.73 Å². The minimum absolute atomic E-state index is 0.0819. The maximum Gasteiger partial charge on any atom is 0.224 e. The van der Waals surface area contributed by atoms with Crippen molar-refractivity contribution in [3.8, 4) is 0 Å². The molecule has 0 radical (unpaired) electrons. The molecule has 1 aliphatic heterocycles. The normalized spacial score (nSPS) is 23.6. The van der Waals surface area contributed by atoms with Crippen LogP contribution in [0.15, 0.2) is 0 Å². The largest absolute Gasteiger partial charge is 0.391 e. The molecule has 4 nitrogen and oxygen atoms in total. The average Bonchev–Trinajstić information content (AvgIpc) is 2.14. The molecule has 100 valence electrons. The van der Waals surface area contributed by atoms with Gasteiger partial charge in [-0.1, -0.05) is 20.8 Å². The van der Waals surface area contributed by atoms with E-state index in [0.717, 1.165) is 25.8 Å². The predicted octanol–water partition coefficient (Wildman–Crippen LogP) is 1.12. The fourth-order valence-corrected chi connectivity index (χ4v) is 2.39. The Kier molecular flexibility index (Phi) is 4.95. The average molecular weight is 242 g/mol. The summed E-state index contributed by atoms with van der Waals surface area (Å²) in [6.45, 7) is 7.62. The molecule has 0 spiro atoms. The molecule has 1 saturated heterocycles. The first-order valence-electron chi connectivity index (χ1n) is 6.49. The number of aliphatic hydroxyl groups excluding tert-OH is 1. The van der Waals surface area contributed by atoms with E-state index in [-0.39, 0.29) is 23.5 Å². The number of amides is 1. The lowest BCUT2D eigenvalue weighted by molar-refractivity contribution is -0.134. The summed E-state index contributed by atoms with van der Waals surface area (Å²) < 4.78 is 0. The first-order valence-corrected chi connectivity index (χ1v) is 6.49. The van der Waals surface area contributed by atoms with Crippen LogP contribution in [0.3, 0.4) is 0 Å². The summed E-state index contributed by atoms with van der Waals surface area (Å²) in [7, 11) is 0. The molecule has 0 aromatic heterocycles. The fraction of sp³-hybridized carbons (Fsp3) is 0.923. The Labute approximate surface area is 104 Å². The molecule has 1 unspecified atom stereocenters. The van der Waals surface area contributed by atoms with Crippen LogP contribution in [-0.2, 0) is 4.79 Å². The number of hydrogen-bond acceptors (Lipinski definition) is 3. The van der Waals surface area contributed by atoms with Crippen LogP contribution >= 0.6 is 0 Å². The molecule has 3 N–H and O–H groups in total. The molecule has 1 aliphatic rings. The number of aliphatic hydroxyl groups is 1. The van der Waals surface area contributed by atoms with Crippen molar-refractivity contribution in [3.05, 3.63) is 0 Å². The zero-order valence-electron chi connectivity index (χ0n) is 11.3. The van der Waals surface area contributed by atoms with E-state index < -0.39 is 0 Å². The number of rotatable bonds is 3. The van der Waals surface area contributed by atoms with Crippen molar-refractivity contribution in [2.45, 2.75) is 58.6 Å². The Bertz CT molecular complexity index is 261. The molecular weight excluding hydrogens is 216 g/mol. The van der Waals surface area contributed by atoms with Gasteiger partial charge < -0.3 is 15.7 Å². The van der Waals surface area contributed by atoms with Gasteiger partial charge in [-0.05, 0) is 24.7 Å². The Morgan fingerprint density at radius 1 is 1.53 bits per heavy atom. The molecule has 2 atom stereocenters. The van der Waals surface area contributed by atoms with Crippen LogP contribution in [0.5, 0.6) is 0 Å². The first kappa shape index (κ1) is 14.5. The van der Waals surface area contributed by atoms with Crippen molar-refractivity contribution < 1.29 is 9.90 Å². The van der Waals surface area contributed by atoms with Crippen LogP contribution < -0.4 is 5.73 Å². The lowest BCUT2D eigenvalue weighted by atomic mass is 9.87. The number of likely N-dealkylation sites (tertiary alicyclic amines) is 1. The van der Waals surface area contributed by atoms with Gasteiger partial charge in [-0.3, -0.25) is 4.79 Å². The van der Waals surface area contributed by atoms with E-state index in [9.17, 15) is 9.90 Å². The highest BCUT2D eigenvalue weighted by molar-refractivity contribution is 5.76. The van der Waals surface area contributed by atoms with Crippen LogP contribution in [-0.4, -0.2) is 41.1 Å². The van der Waals surface area contributed by atoms with E-state index in [1.165, 1.54) is 0 Å². The highest BCUT2D eigenvalue weighted by Gasteiger charge is 2.24. The van der Waals surface area contributed by atoms with Crippen LogP contribution in [0.1, 0.15) is 46.5 Å². The minimum Gasteiger partial charge on any atom is -0.391 e. The quantitative estimate of drug-likeness (QED) is 0.779. The van der Waals surface area contributed by atoms with Crippen molar-refractivity contribution in [3.63, 3.8) is 0 Å². The Hall–Kier alpha value is -0.610. The summed E-state index contributed by atoms with van der Waals surface area (Å²) in [5, 5.41) is 9.52. The summed E-state index contributed by atoms with van der Waals surface area (Å²) in [6, 6.07) is -0.0819. The molecule has 1 heterocycles. The van der Waals surface area contributed by atoms with Crippen LogP contribution in [0.4, 0.5) is 0 Å². The molecule has 1 rings (SSSR count). The number of β-amino-alcohol motifs (C(OH)–C–C–N with tert-alkyl or cyclic N) is 1. The van der Waals surface area contributed by atoms with Gasteiger partial charge in [0.2, 0.25) is 5.91 Å². The van der Waals surface area contributed by atoms with Crippen molar-refractivity contribution in [1.29, 1.82) is 0 Å². The Balaban J connectivity index is 2.38. The molecule has 0 aliphatic carbocycles. The van der Waals surface area contributed by atoms with Gasteiger partial charge in [-0.25, -0.2) is 0 Å². The lowest BCUT2D eigenvalue weighted by Crippen LogP contribution is -2.44. The second-order valence-corrected chi connectivity index (χ2v) is 6.36. The van der Waals surface area contributed by atoms with E-state index in [1.807, 2.05) is 0 Å². The van der Waals surface area contributed by atoms with Crippen molar-refractivity contribution in [1.82, 2.24) is 4.90 Å². The second kappa shape index (κ2) is 5.83. The molecule has 0 bridgehead atoms. The van der Waals surface area contributed by atoms with E-state index >= 15 is 0 Å². The molecule has 1 fully saturated rings.